The topological polar surface area (TPSA) is 93.5 Å². The first-order valence-corrected chi connectivity index (χ1v) is 7.90. The molecule has 2 aromatic rings. The number of aliphatic carboxylic acids is 1. The predicted octanol–water partition coefficient (Wildman–Crippen LogP) is 3.17. The number of aromatic nitrogens is 2. The van der Waals surface area contributed by atoms with Crippen molar-refractivity contribution >= 4 is 17.6 Å². The Kier molecular flexibility index (Phi) is 5.77. The Morgan fingerprint density at radius 2 is 1.85 bits per heavy atom. The van der Waals surface area contributed by atoms with Gasteiger partial charge in [0.2, 0.25) is 5.91 Å². The number of amides is 1. The summed E-state index contributed by atoms with van der Waals surface area (Å²) in [6.07, 6.45) is -1.60. The van der Waals surface area contributed by atoms with Crippen LogP contribution in [0.2, 0.25) is 0 Å². The van der Waals surface area contributed by atoms with Crippen molar-refractivity contribution in [1.29, 1.82) is 0 Å². The molecule has 0 aliphatic rings. The average Bonchev–Trinajstić information content (AvgIpc) is 3.02. The van der Waals surface area contributed by atoms with Gasteiger partial charge in [-0.1, -0.05) is 12.1 Å². The van der Waals surface area contributed by atoms with Gasteiger partial charge in [0.15, 0.2) is 5.54 Å². The predicted molar refractivity (Wildman–Crippen MR) is 89.3 cm³/mol. The van der Waals surface area contributed by atoms with E-state index in [1.54, 1.807) is 0 Å². The summed E-state index contributed by atoms with van der Waals surface area (Å²) in [5.41, 5.74) is -0.242. The molecule has 0 saturated carbocycles. The maximum absolute atomic E-state index is 12.1. The lowest BCUT2D eigenvalue weighted by Crippen LogP contribution is -2.35. The number of hydrogen-bond donors (Lipinski definition) is 2. The number of hydrogen-bond acceptors (Lipinski definition) is 4. The zero-order valence-corrected chi connectivity index (χ0v) is 14.6. The van der Waals surface area contributed by atoms with E-state index in [1.807, 2.05) is 0 Å². The van der Waals surface area contributed by atoms with Gasteiger partial charge in [-0.05, 0) is 38.0 Å². The van der Waals surface area contributed by atoms with Crippen LogP contribution < -0.4 is 10.1 Å². The highest BCUT2D eigenvalue weighted by molar-refractivity contribution is 5.90. The molecule has 1 aromatic carbocycles. The van der Waals surface area contributed by atoms with Gasteiger partial charge in [0, 0.05) is 12.6 Å². The Morgan fingerprint density at radius 3 is 2.41 bits per heavy atom. The SMILES string of the molecule is CC(C)(C(=O)O)n1cc(NC(=O)CCc2ccc(OC(F)(F)F)cc2)cn1. The fourth-order valence-corrected chi connectivity index (χ4v) is 2.13. The quantitative estimate of drug-likeness (QED) is 0.764. The molecule has 0 saturated heterocycles. The number of carbonyl (C=O) groups excluding carboxylic acids is 1. The number of carboxylic acids is 1. The highest BCUT2D eigenvalue weighted by atomic mass is 19.4. The summed E-state index contributed by atoms with van der Waals surface area (Å²) in [5.74, 6) is -1.73. The maximum atomic E-state index is 12.1. The number of halogens is 3. The van der Waals surface area contributed by atoms with Crippen molar-refractivity contribution in [2.24, 2.45) is 0 Å². The van der Waals surface area contributed by atoms with E-state index in [2.05, 4.69) is 15.2 Å². The number of nitrogens with zero attached hydrogens (tertiary/aromatic N) is 2. The Morgan fingerprint density at radius 1 is 1.22 bits per heavy atom. The van der Waals surface area contributed by atoms with Gasteiger partial charge in [-0.15, -0.1) is 13.2 Å². The Balaban J connectivity index is 1.88. The van der Waals surface area contributed by atoms with Crippen molar-refractivity contribution in [3.05, 3.63) is 42.2 Å². The van der Waals surface area contributed by atoms with E-state index in [4.69, 9.17) is 5.11 Å². The van der Waals surface area contributed by atoms with Crippen LogP contribution in [0.15, 0.2) is 36.7 Å². The average molecular weight is 385 g/mol. The molecule has 27 heavy (non-hydrogen) atoms. The van der Waals surface area contributed by atoms with Gasteiger partial charge >= 0.3 is 12.3 Å². The minimum atomic E-state index is -4.75. The number of rotatable bonds is 7. The highest BCUT2D eigenvalue weighted by Crippen LogP contribution is 2.23. The first-order chi connectivity index (χ1) is 12.5. The van der Waals surface area contributed by atoms with Crippen molar-refractivity contribution in [2.75, 3.05) is 5.32 Å². The van der Waals surface area contributed by atoms with Crippen molar-refractivity contribution < 1.29 is 32.6 Å². The van der Waals surface area contributed by atoms with Crippen LogP contribution in [-0.4, -0.2) is 33.1 Å². The Labute approximate surface area is 152 Å². The maximum Gasteiger partial charge on any atom is 0.573 e. The molecule has 0 bridgehead atoms. The molecule has 10 heteroatoms. The number of aryl methyl sites for hydroxylation is 1. The third kappa shape index (κ3) is 5.73. The molecule has 0 spiro atoms. The third-order valence-corrected chi connectivity index (χ3v) is 3.76. The fraction of sp³-hybridized carbons (Fsp3) is 0.353. The number of carbonyl (C=O) groups is 2. The highest BCUT2D eigenvalue weighted by Gasteiger charge is 2.31. The van der Waals surface area contributed by atoms with Gasteiger partial charge in [0.25, 0.3) is 0 Å². The number of ether oxygens (including phenoxy) is 1. The third-order valence-electron chi connectivity index (χ3n) is 3.76. The molecule has 1 aromatic heterocycles. The van der Waals surface area contributed by atoms with Crippen LogP contribution in [0.25, 0.3) is 0 Å². The molecule has 2 N–H and O–H groups in total. The Hall–Kier alpha value is -3.04. The van der Waals surface area contributed by atoms with Crippen molar-refractivity contribution in [2.45, 2.75) is 38.6 Å². The second-order valence-corrected chi connectivity index (χ2v) is 6.28. The molecular formula is C17H18F3N3O4. The monoisotopic (exact) mass is 385 g/mol. The van der Waals surface area contributed by atoms with E-state index in [0.717, 1.165) is 0 Å². The second-order valence-electron chi connectivity index (χ2n) is 6.28. The van der Waals surface area contributed by atoms with Crippen LogP contribution in [0.5, 0.6) is 5.75 Å². The molecule has 0 aliphatic carbocycles. The molecule has 0 unspecified atom stereocenters. The molecule has 1 amide bonds. The number of anilines is 1. The summed E-state index contributed by atoms with van der Waals surface area (Å²) in [5, 5.41) is 15.7. The normalized spacial score (nSPS) is 11.9. The van der Waals surface area contributed by atoms with E-state index < -0.39 is 17.9 Å². The summed E-state index contributed by atoms with van der Waals surface area (Å²) in [6.45, 7) is 2.94. The molecular weight excluding hydrogens is 367 g/mol. The van der Waals surface area contributed by atoms with Gasteiger partial charge < -0.3 is 15.2 Å². The smallest absolute Gasteiger partial charge is 0.479 e. The minimum absolute atomic E-state index is 0.0903. The fourth-order valence-electron chi connectivity index (χ4n) is 2.13. The lowest BCUT2D eigenvalue weighted by Gasteiger charge is -2.19. The first kappa shape index (κ1) is 20.3. The zero-order chi connectivity index (χ0) is 20.2. The van der Waals surface area contributed by atoms with Crippen molar-refractivity contribution in [3.63, 3.8) is 0 Å². The van der Waals surface area contributed by atoms with Crippen LogP contribution in [0.4, 0.5) is 18.9 Å². The number of carboxylic acid groups (broad SMARTS) is 1. The van der Waals surface area contributed by atoms with Crippen molar-refractivity contribution in [1.82, 2.24) is 9.78 Å². The Bertz CT molecular complexity index is 814. The summed E-state index contributed by atoms with van der Waals surface area (Å²) < 4.78 is 41.3. The second kappa shape index (κ2) is 7.68. The number of benzene rings is 1. The largest absolute Gasteiger partial charge is 0.573 e. The van der Waals surface area contributed by atoms with E-state index in [0.29, 0.717) is 17.7 Å². The van der Waals surface area contributed by atoms with Crippen LogP contribution in [-0.2, 0) is 21.5 Å². The van der Waals surface area contributed by atoms with E-state index >= 15 is 0 Å². The van der Waals surface area contributed by atoms with Gasteiger partial charge in [-0.3, -0.25) is 9.48 Å². The standard InChI is InChI=1S/C17H18F3N3O4/c1-16(2,15(25)26)23-10-12(9-21-23)22-14(24)8-5-11-3-6-13(7-4-11)27-17(18,19)20/h3-4,6-7,9-10H,5,8H2,1-2H3,(H,22,24)(H,25,26). The van der Waals surface area contributed by atoms with Gasteiger partial charge in [0.05, 0.1) is 11.9 Å². The molecule has 7 nitrogen and oxygen atoms in total. The minimum Gasteiger partial charge on any atom is -0.479 e. The lowest BCUT2D eigenvalue weighted by atomic mass is 10.1. The molecule has 1 heterocycles. The van der Waals surface area contributed by atoms with Gasteiger partial charge in [-0.2, -0.15) is 5.10 Å². The van der Waals surface area contributed by atoms with Gasteiger partial charge in [0.1, 0.15) is 5.75 Å². The first-order valence-electron chi connectivity index (χ1n) is 7.90. The van der Waals surface area contributed by atoms with Crippen LogP contribution in [0, 0.1) is 0 Å². The summed E-state index contributed by atoms with van der Waals surface area (Å²) >= 11 is 0. The molecule has 146 valence electrons. The van der Waals surface area contributed by atoms with Gasteiger partial charge in [-0.25, -0.2) is 4.79 Å². The zero-order valence-electron chi connectivity index (χ0n) is 14.6. The molecule has 0 aliphatic heterocycles. The van der Waals surface area contributed by atoms with Crippen LogP contribution in [0.3, 0.4) is 0 Å². The number of nitrogens with one attached hydrogen (secondary N) is 1. The summed E-state index contributed by atoms with van der Waals surface area (Å²) in [7, 11) is 0. The van der Waals surface area contributed by atoms with E-state index in [1.165, 1.54) is 55.2 Å². The van der Waals surface area contributed by atoms with E-state index in [9.17, 15) is 22.8 Å². The van der Waals surface area contributed by atoms with Crippen molar-refractivity contribution in [3.8, 4) is 5.75 Å². The molecule has 0 radical (unpaired) electrons. The number of alkyl halides is 3. The molecule has 0 atom stereocenters. The van der Waals surface area contributed by atoms with Crippen LogP contribution in [0.1, 0.15) is 25.8 Å². The summed E-state index contributed by atoms with van der Waals surface area (Å²) in [6, 6.07) is 5.25. The summed E-state index contributed by atoms with van der Waals surface area (Å²) in [4.78, 5) is 23.2. The molecule has 0 fully saturated rings. The van der Waals surface area contributed by atoms with E-state index in [-0.39, 0.29) is 18.1 Å². The van der Waals surface area contributed by atoms with Crippen LogP contribution >= 0.6 is 0 Å². The lowest BCUT2D eigenvalue weighted by molar-refractivity contribution is -0.274. The molecule has 2 rings (SSSR count).